The molecule has 2 aromatic rings. The van der Waals surface area contributed by atoms with Crippen molar-refractivity contribution >= 4 is 21.7 Å². The van der Waals surface area contributed by atoms with Gasteiger partial charge in [-0.2, -0.15) is 0 Å². The van der Waals surface area contributed by atoms with E-state index >= 15 is 0 Å². The number of nitrogens with zero attached hydrogens (tertiary/aromatic N) is 1. The summed E-state index contributed by atoms with van der Waals surface area (Å²) in [6.45, 7) is 1.75. The van der Waals surface area contributed by atoms with E-state index in [0.29, 0.717) is 5.69 Å². The van der Waals surface area contributed by atoms with Crippen LogP contribution in [0.3, 0.4) is 0 Å². The number of carbonyl (C=O) groups is 1. The molecule has 0 atom stereocenters. The third-order valence-corrected chi connectivity index (χ3v) is 3.26. The number of aromatic nitrogens is 1. The van der Waals surface area contributed by atoms with Crippen LogP contribution in [-0.2, 0) is 6.42 Å². The average Bonchev–Trinajstić information content (AvgIpc) is 2.39. The zero-order chi connectivity index (χ0) is 14.0. The number of benzene rings is 1. The highest BCUT2D eigenvalue weighted by Crippen LogP contribution is 2.22. The van der Waals surface area contributed by atoms with Gasteiger partial charge in [0.1, 0.15) is 17.3 Å². The summed E-state index contributed by atoms with van der Waals surface area (Å²) in [6.07, 6.45) is -0.354. The molecule has 1 aromatic heterocycles. The van der Waals surface area contributed by atoms with Gasteiger partial charge in [0, 0.05) is 17.7 Å². The van der Waals surface area contributed by atoms with E-state index < -0.39 is 17.4 Å². The fourth-order valence-electron chi connectivity index (χ4n) is 1.68. The number of Topliss-reactive ketones (excluding diaryl/α,β-unsaturated/α-hetero) is 1. The second-order valence-electron chi connectivity index (χ2n) is 4.09. The lowest BCUT2D eigenvalue weighted by Crippen LogP contribution is -2.09. The van der Waals surface area contributed by atoms with Gasteiger partial charge in [0.05, 0.1) is 4.47 Å². The van der Waals surface area contributed by atoms with Crippen molar-refractivity contribution in [1.82, 2.24) is 4.98 Å². The molecule has 0 radical (unpaired) electrons. The Kier molecular flexibility index (Phi) is 4.04. The molecular weight excluding hydrogens is 316 g/mol. The molecule has 0 spiro atoms. The van der Waals surface area contributed by atoms with Crippen LogP contribution < -0.4 is 0 Å². The van der Waals surface area contributed by atoms with Crippen LogP contribution in [0.5, 0.6) is 0 Å². The van der Waals surface area contributed by atoms with E-state index in [-0.39, 0.29) is 22.2 Å². The first-order valence-corrected chi connectivity index (χ1v) is 6.37. The summed E-state index contributed by atoms with van der Waals surface area (Å²) in [4.78, 5) is 16.0. The Morgan fingerprint density at radius 3 is 2.68 bits per heavy atom. The maximum absolute atomic E-state index is 13.8. The largest absolute Gasteiger partial charge is 0.292 e. The van der Waals surface area contributed by atoms with E-state index in [1.807, 2.05) is 0 Å². The van der Waals surface area contributed by atoms with Gasteiger partial charge < -0.3 is 0 Å². The molecule has 0 saturated heterocycles. The third kappa shape index (κ3) is 3.04. The summed E-state index contributed by atoms with van der Waals surface area (Å²) in [7, 11) is 0. The fourth-order valence-corrected chi connectivity index (χ4v) is 2.05. The van der Waals surface area contributed by atoms with Gasteiger partial charge in [-0.05, 0) is 47.1 Å². The van der Waals surface area contributed by atoms with Crippen molar-refractivity contribution in [2.75, 3.05) is 0 Å². The van der Waals surface area contributed by atoms with Gasteiger partial charge in [0.25, 0.3) is 0 Å². The van der Waals surface area contributed by atoms with E-state index in [9.17, 15) is 13.6 Å². The van der Waals surface area contributed by atoms with Crippen LogP contribution in [-0.4, -0.2) is 10.8 Å². The number of halogens is 3. The maximum atomic E-state index is 13.8. The Labute approximate surface area is 117 Å². The smallest absolute Gasteiger partial charge is 0.185 e. The van der Waals surface area contributed by atoms with Crippen molar-refractivity contribution in [3.63, 3.8) is 0 Å². The highest BCUT2D eigenvalue weighted by atomic mass is 79.9. The van der Waals surface area contributed by atoms with Gasteiger partial charge in [0.15, 0.2) is 5.78 Å². The van der Waals surface area contributed by atoms with Crippen LogP contribution in [0.25, 0.3) is 0 Å². The molecule has 2 nitrogen and oxygen atoms in total. The van der Waals surface area contributed by atoms with Crippen molar-refractivity contribution < 1.29 is 13.6 Å². The van der Waals surface area contributed by atoms with Gasteiger partial charge >= 0.3 is 0 Å². The second kappa shape index (κ2) is 5.57. The first kappa shape index (κ1) is 13.8. The Morgan fingerprint density at radius 1 is 1.26 bits per heavy atom. The summed E-state index contributed by atoms with van der Waals surface area (Å²) in [5.74, 6) is -1.90. The Morgan fingerprint density at radius 2 is 2.00 bits per heavy atom. The normalized spacial score (nSPS) is 10.5. The number of rotatable bonds is 3. The van der Waals surface area contributed by atoms with E-state index in [0.717, 1.165) is 6.07 Å². The van der Waals surface area contributed by atoms with Gasteiger partial charge in [-0.1, -0.05) is 6.07 Å². The lowest BCUT2D eigenvalue weighted by molar-refractivity contribution is 0.0985. The van der Waals surface area contributed by atoms with E-state index in [1.54, 1.807) is 19.1 Å². The Hall–Kier alpha value is -1.62. The molecule has 5 heteroatoms. The van der Waals surface area contributed by atoms with Gasteiger partial charge in [-0.15, -0.1) is 0 Å². The minimum absolute atomic E-state index is 0.133. The highest BCUT2D eigenvalue weighted by Gasteiger charge is 2.17. The molecule has 0 unspecified atom stereocenters. The van der Waals surface area contributed by atoms with Gasteiger partial charge in [0.2, 0.25) is 0 Å². The Bertz CT molecular complexity index is 643. The molecule has 0 aliphatic carbocycles. The Balaban J connectivity index is 2.32. The van der Waals surface area contributed by atoms with Crippen molar-refractivity contribution in [1.29, 1.82) is 0 Å². The van der Waals surface area contributed by atoms with Crippen LogP contribution in [0.4, 0.5) is 8.78 Å². The summed E-state index contributed by atoms with van der Waals surface area (Å²) in [5.41, 5.74) is 0.641. The molecule has 1 aromatic carbocycles. The van der Waals surface area contributed by atoms with Crippen LogP contribution in [0, 0.1) is 18.6 Å². The van der Waals surface area contributed by atoms with Gasteiger partial charge in [-0.3, -0.25) is 9.78 Å². The van der Waals surface area contributed by atoms with E-state index in [4.69, 9.17) is 0 Å². The number of pyridine rings is 1. The molecular formula is C14H10BrF2NO. The number of hydrogen-bond acceptors (Lipinski definition) is 2. The third-order valence-electron chi connectivity index (χ3n) is 2.65. The molecule has 0 amide bonds. The predicted molar refractivity (Wildman–Crippen MR) is 71.1 cm³/mol. The number of hydrogen-bond donors (Lipinski definition) is 0. The average molecular weight is 326 g/mol. The van der Waals surface area contributed by atoms with Crippen molar-refractivity contribution in [3.8, 4) is 0 Å². The van der Waals surface area contributed by atoms with Crippen LogP contribution in [0.1, 0.15) is 21.7 Å². The predicted octanol–water partition coefficient (Wildman–Crippen LogP) is 3.86. The van der Waals surface area contributed by atoms with E-state index in [1.165, 1.54) is 12.1 Å². The number of carbonyl (C=O) groups excluding carboxylic acids is 1. The van der Waals surface area contributed by atoms with Crippen molar-refractivity contribution in [3.05, 3.63) is 63.4 Å². The van der Waals surface area contributed by atoms with Crippen molar-refractivity contribution in [2.24, 2.45) is 0 Å². The number of aryl methyl sites for hydroxylation is 1. The summed E-state index contributed by atoms with van der Waals surface area (Å²) >= 11 is 2.97. The van der Waals surface area contributed by atoms with Crippen LogP contribution in [0.2, 0.25) is 0 Å². The molecule has 0 aliphatic heterocycles. The first-order valence-electron chi connectivity index (χ1n) is 5.58. The molecule has 0 fully saturated rings. The summed E-state index contributed by atoms with van der Waals surface area (Å²) < 4.78 is 27.4. The molecule has 0 saturated carbocycles. The van der Waals surface area contributed by atoms with E-state index in [2.05, 4.69) is 20.9 Å². The fraction of sp³-hybridized carbons (Fsp3) is 0.143. The second-order valence-corrected chi connectivity index (χ2v) is 4.94. The standard InChI is InChI=1S/C14H10BrF2NO/c1-8-3-2-4-12(18-8)13(19)7-9-11(16)6-5-10(15)14(9)17/h2-6H,7H2,1H3. The molecule has 98 valence electrons. The molecule has 0 bridgehead atoms. The summed E-state index contributed by atoms with van der Waals surface area (Å²) in [5, 5.41) is 0. The molecule has 1 heterocycles. The lowest BCUT2D eigenvalue weighted by atomic mass is 10.1. The van der Waals surface area contributed by atoms with Crippen LogP contribution in [0.15, 0.2) is 34.8 Å². The quantitative estimate of drug-likeness (QED) is 0.633. The summed E-state index contributed by atoms with van der Waals surface area (Å²) in [6, 6.07) is 7.35. The SMILES string of the molecule is Cc1cccc(C(=O)Cc2c(F)ccc(Br)c2F)n1. The molecule has 0 aliphatic rings. The van der Waals surface area contributed by atoms with Crippen LogP contribution >= 0.6 is 15.9 Å². The maximum Gasteiger partial charge on any atom is 0.185 e. The molecule has 19 heavy (non-hydrogen) atoms. The van der Waals surface area contributed by atoms with Gasteiger partial charge in [-0.25, -0.2) is 8.78 Å². The zero-order valence-electron chi connectivity index (χ0n) is 10.1. The topological polar surface area (TPSA) is 30.0 Å². The number of ketones is 1. The molecule has 0 N–H and O–H groups in total. The molecule has 2 rings (SSSR count). The monoisotopic (exact) mass is 325 g/mol. The first-order chi connectivity index (χ1) is 8.99. The highest BCUT2D eigenvalue weighted by molar-refractivity contribution is 9.10. The minimum Gasteiger partial charge on any atom is -0.292 e. The minimum atomic E-state index is -0.749. The lowest BCUT2D eigenvalue weighted by Gasteiger charge is -2.06. The zero-order valence-corrected chi connectivity index (χ0v) is 11.7. The van der Waals surface area contributed by atoms with Crippen molar-refractivity contribution in [2.45, 2.75) is 13.3 Å².